The molecule has 4 atom stereocenters. The number of fused-ring (bicyclic) bond motifs is 1. The molecule has 3 rings (SSSR count). The highest BCUT2D eigenvalue weighted by atomic mass is 32.2. The number of anilines is 1. The van der Waals surface area contributed by atoms with Crippen molar-refractivity contribution in [2.24, 2.45) is 10.3 Å². The number of β-lactam (4-membered cyclic amide) rings is 1. The maximum absolute atomic E-state index is 12.8. The number of ether oxygens (including phenoxy) is 3. The fourth-order valence-electron chi connectivity index (χ4n) is 3.07. The molecule has 18 heteroatoms. The molecule has 3 heterocycles. The third-order valence-electron chi connectivity index (χ3n) is 4.52. The van der Waals surface area contributed by atoms with E-state index in [2.05, 4.69) is 30.2 Å². The van der Waals surface area contributed by atoms with Gasteiger partial charge in [0.1, 0.15) is 29.9 Å². The summed E-state index contributed by atoms with van der Waals surface area (Å²) in [7, 11) is 1.25. The van der Waals surface area contributed by atoms with Gasteiger partial charge in [-0.1, -0.05) is 5.16 Å². The number of thioether (sulfide) groups is 1. The van der Waals surface area contributed by atoms with E-state index in [1.807, 2.05) is 0 Å². The van der Waals surface area contributed by atoms with Crippen LogP contribution in [0.1, 0.15) is 19.5 Å². The van der Waals surface area contributed by atoms with E-state index in [0.29, 0.717) is 5.75 Å². The molecule has 0 bridgehead atoms. The molecular weight excluding hydrogens is 520 g/mol. The van der Waals surface area contributed by atoms with Gasteiger partial charge in [0.25, 0.3) is 11.8 Å². The minimum Gasteiger partial charge on any atom is -0.425 e. The number of nitrogen functional groups attached to an aromatic ring is 1. The van der Waals surface area contributed by atoms with Crippen molar-refractivity contribution in [3.8, 4) is 0 Å². The summed E-state index contributed by atoms with van der Waals surface area (Å²) in [6.45, 7) is 2.57. The number of amides is 2. The van der Waals surface area contributed by atoms with E-state index in [-0.39, 0.29) is 22.2 Å². The molecule has 1 saturated heterocycles. The smallest absolute Gasteiger partial charge is 0.425 e. The Morgan fingerprint density at radius 1 is 1.33 bits per heavy atom. The van der Waals surface area contributed by atoms with Crippen LogP contribution in [0.25, 0.3) is 10.4 Å². The number of nitrogens with zero attached hydrogens (tertiary/aromatic N) is 6. The number of carbonyl (C=O) groups excluding carboxylic acids is 4. The van der Waals surface area contributed by atoms with Crippen molar-refractivity contribution in [2.75, 3.05) is 18.6 Å². The highest BCUT2D eigenvalue weighted by Gasteiger charge is 2.53. The molecule has 2 aliphatic rings. The number of rotatable bonds is 9. The molecule has 1 aromatic heterocycles. The lowest BCUT2D eigenvalue weighted by Gasteiger charge is -2.48. The van der Waals surface area contributed by atoms with E-state index >= 15 is 0 Å². The van der Waals surface area contributed by atoms with Gasteiger partial charge >= 0.3 is 12.1 Å². The highest BCUT2D eigenvalue weighted by molar-refractivity contribution is 8.00. The molecule has 2 aliphatic heterocycles. The molecule has 0 aromatic carbocycles. The van der Waals surface area contributed by atoms with Crippen LogP contribution in [-0.4, -0.2) is 76.3 Å². The predicted octanol–water partition coefficient (Wildman–Crippen LogP) is 1.06. The summed E-state index contributed by atoms with van der Waals surface area (Å²) in [5, 5.41) is 10.5. The van der Waals surface area contributed by atoms with Crippen LogP contribution >= 0.6 is 23.1 Å². The van der Waals surface area contributed by atoms with Crippen molar-refractivity contribution < 1.29 is 38.2 Å². The first kappa shape index (κ1) is 26.6. The average Bonchev–Trinajstić information content (AvgIpc) is 3.25. The van der Waals surface area contributed by atoms with E-state index in [1.54, 1.807) is 0 Å². The molecule has 3 N–H and O–H groups in total. The van der Waals surface area contributed by atoms with Crippen molar-refractivity contribution in [3.05, 3.63) is 33.3 Å². The van der Waals surface area contributed by atoms with Crippen LogP contribution in [0.4, 0.5) is 9.93 Å². The zero-order valence-electron chi connectivity index (χ0n) is 19.0. The second kappa shape index (κ2) is 11.6. The van der Waals surface area contributed by atoms with E-state index < -0.39 is 47.9 Å². The van der Waals surface area contributed by atoms with Crippen LogP contribution in [0, 0.1) is 0 Å². The van der Waals surface area contributed by atoms with Crippen molar-refractivity contribution in [1.29, 1.82) is 0 Å². The summed E-state index contributed by atoms with van der Waals surface area (Å²) in [4.78, 5) is 62.2. The van der Waals surface area contributed by atoms with Gasteiger partial charge in [-0.3, -0.25) is 14.5 Å². The van der Waals surface area contributed by atoms with Gasteiger partial charge < -0.3 is 30.1 Å². The average molecular weight is 541 g/mol. The van der Waals surface area contributed by atoms with Crippen LogP contribution in [0.5, 0.6) is 0 Å². The number of nitrogens with one attached hydrogen (secondary N) is 1. The third kappa shape index (κ3) is 5.96. The standard InChI is InChI=1S/C18H20N8O8S2/c1-7(23-25-20)32-18(30)34-8(2)33-16(29)10-4-5-35-15-12(14(28)26(10)15)22-13(27)11(24-31-3)9-6-36-17(19)21-9/h4,6-8,12,15H,5H2,1-3H3,(H2,19,21)(H,22,27)/b24-11+. The zero-order valence-corrected chi connectivity index (χ0v) is 20.6. The number of azide groups is 1. The summed E-state index contributed by atoms with van der Waals surface area (Å²) in [5.41, 5.74) is 13.9. The van der Waals surface area contributed by atoms with Gasteiger partial charge in [-0.25, -0.2) is 14.6 Å². The van der Waals surface area contributed by atoms with Gasteiger partial charge in [0.15, 0.2) is 17.1 Å². The maximum Gasteiger partial charge on any atom is 0.511 e. The van der Waals surface area contributed by atoms with Crippen LogP contribution in [-0.2, 0) is 33.4 Å². The molecule has 0 radical (unpaired) electrons. The van der Waals surface area contributed by atoms with Crippen molar-refractivity contribution in [1.82, 2.24) is 15.2 Å². The third-order valence-corrected chi connectivity index (χ3v) is 6.38. The molecule has 0 saturated carbocycles. The SMILES string of the molecule is CO/N=C(/C(=O)NC1C(=O)N2C(C(=O)OC(C)OC(=O)OC(C)N=[N+]=[N-])=CCSC12)c1csc(N)n1. The van der Waals surface area contributed by atoms with Gasteiger partial charge in [-0.2, -0.15) is 0 Å². The first-order valence-electron chi connectivity index (χ1n) is 10.1. The molecule has 36 heavy (non-hydrogen) atoms. The normalized spacial score (nSPS) is 20.4. The van der Waals surface area contributed by atoms with Crippen molar-refractivity contribution >= 4 is 57.9 Å². The largest absolute Gasteiger partial charge is 0.511 e. The Morgan fingerprint density at radius 3 is 2.72 bits per heavy atom. The molecular formula is C18H20N8O8S2. The Hall–Kier alpha value is -4.02. The number of aromatic nitrogens is 1. The van der Waals surface area contributed by atoms with Crippen molar-refractivity contribution in [2.45, 2.75) is 37.8 Å². The lowest BCUT2D eigenvalue weighted by atomic mass is 10.0. The van der Waals surface area contributed by atoms with E-state index in [0.717, 1.165) is 11.3 Å². The summed E-state index contributed by atoms with van der Waals surface area (Å²) in [6.07, 6.45) is -2.25. The molecule has 192 valence electrons. The van der Waals surface area contributed by atoms with Gasteiger partial charge in [0.05, 0.1) is 0 Å². The van der Waals surface area contributed by atoms with Gasteiger partial charge in [0, 0.05) is 23.0 Å². The van der Waals surface area contributed by atoms with Gasteiger partial charge in [-0.05, 0) is 23.6 Å². The lowest BCUT2D eigenvalue weighted by Crippen LogP contribution is -2.70. The van der Waals surface area contributed by atoms with Crippen LogP contribution < -0.4 is 11.1 Å². The Bertz CT molecular complexity index is 1160. The fourth-order valence-corrected chi connectivity index (χ4v) is 4.81. The predicted molar refractivity (Wildman–Crippen MR) is 125 cm³/mol. The Morgan fingerprint density at radius 2 is 2.08 bits per heavy atom. The van der Waals surface area contributed by atoms with Crippen LogP contribution in [0.3, 0.4) is 0 Å². The van der Waals surface area contributed by atoms with Crippen LogP contribution in [0.2, 0.25) is 0 Å². The van der Waals surface area contributed by atoms with E-state index in [9.17, 15) is 19.2 Å². The minimum absolute atomic E-state index is 0.0708. The topological polar surface area (TPSA) is 220 Å². The molecule has 1 fully saturated rings. The first-order chi connectivity index (χ1) is 17.2. The van der Waals surface area contributed by atoms with E-state index in [4.69, 9.17) is 25.6 Å². The first-order valence-corrected chi connectivity index (χ1v) is 12.0. The number of hydrogen-bond acceptors (Lipinski definition) is 14. The van der Waals surface area contributed by atoms with Gasteiger partial charge in [-0.15, -0.1) is 23.1 Å². The quantitative estimate of drug-likeness (QED) is 0.0658. The summed E-state index contributed by atoms with van der Waals surface area (Å²) < 4.78 is 14.5. The number of carbonyl (C=O) groups is 4. The minimum atomic E-state index is -1.37. The Labute approximate surface area is 211 Å². The molecule has 1 aromatic rings. The lowest BCUT2D eigenvalue weighted by molar-refractivity contribution is -0.169. The number of hydrogen-bond donors (Lipinski definition) is 2. The number of thiazole rings is 1. The van der Waals surface area contributed by atoms with E-state index in [1.165, 1.54) is 49.1 Å². The number of esters is 1. The molecule has 4 unspecified atom stereocenters. The van der Waals surface area contributed by atoms with Crippen molar-refractivity contribution in [3.63, 3.8) is 0 Å². The molecule has 2 amide bonds. The molecule has 16 nitrogen and oxygen atoms in total. The fraction of sp³-hybridized carbons (Fsp3) is 0.444. The Kier molecular flexibility index (Phi) is 8.57. The molecule has 0 aliphatic carbocycles. The Balaban J connectivity index is 1.60. The number of nitrogens with two attached hydrogens (primary N) is 1. The summed E-state index contributed by atoms with van der Waals surface area (Å²) >= 11 is 2.41. The number of oxime groups is 1. The zero-order chi connectivity index (χ0) is 26.4. The summed E-state index contributed by atoms with van der Waals surface area (Å²) in [5.74, 6) is -1.86. The monoisotopic (exact) mass is 540 g/mol. The van der Waals surface area contributed by atoms with Gasteiger partial charge in [0.2, 0.25) is 6.29 Å². The maximum atomic E-state index is 12.8. The summed E-state index contributed by atoms with van der Waals surface area (Å²) in [6, 6.07) is -0.956. The second-order valence-corrected chi connectivity index (χ2v) is 8.97. The van der Waals surface area contributed by atoms with Crippen LogP contribution in [0.15, 0.2) is 27.4 Å². The molecule has 0 spiro atoms. The highest BCUT2D eigenvalue weighted by Crippen LogP contribution is 2.38. The second-order valence-electron chi connectivity index (χ2n) is 6.93.